The molecule has 0 fully saturated rings. The number of aryl methyl sites for hydroxylation is 3. The van der Waals surface area contributed by atoms with Gasteiger partial charge < -0.3 is 5.73 Å². The number of aromatic nitrogens is 2. The Morgan fingerprint density at radius 1 is 1.31 bits per heavy atom. The van der Waals surface area contributed by atoms with Crippen LogP contribution in [0.25, 0.3) is 0 Å². The molecule has 2 N–H and O–H groups in total. The van der Waals surface area contributed by atoms with Gasteiger partial charge in [-0.05, 0) is 38.5 Å². The molecule has 2 aromatic rings. The van der Waals surface area contributed by atoms with Gasteiger partial charge in [0.05, 0.1) is 12.2 Å². The van der Waals surface area contributed by atoms with Crippen LogP contribution >= 0.6 is 11.3 Å². The lowest BCUT2D eigenvalue weighted by Gasteiger charge is -2.03. The molecule has 0 amide bonds. The zero-order valence-corrected chi connectivity index (χ0v) is 10.8. The molecular formula is C12H17N3S. The minimum absolute atomic E-state index is 0.628. The van der Waals surface area contributed by atoms with E-state index in [1.54, 1.807) is 11.3 Å². The molecule has 0 aromatic carbocycles. The summed E-state index contributed by atoms with van der Waals surface area (Å²) in [5, 5.41) is 4.47. The molecule has 0 bridgehead atoms. The first kappa shape index (κ1) is 11.4. The molecular weight excluding hydrogens is 218 g/mol. The van der Waals surface area contributed by atoms with Crippen molar-refractivity contribution in [2.75, 3.05) is 0 Å². The molecule has 0 radical (unpaired) electrons. The van der Waals surface area contributed by atoms with Crippen molar-refractivity contribution < 1.29 is 0 Å². The molecule has 0 aliphatic heterocycles. The maximum atomic E-state index is 5.65. The Balaban J connectivity index is 2.26. The van der Waals surface area contributed by atoms with E-state index in [1.165, 1.54) is 21.0 Å². The standard InChI is InChI=1S/C12H17N3S/c1-8-4-9(2)15(14-8)7-11-5-12(6-13)16-10(11)3/h4-5H,6-7,13H2,1-3H3. The van der Waals surface area contributed by atoms with Crippen LogP contribution in [0.1, 0.15) is 26.7 Å². The van der Waals surface area contributed by atoms with Crippen LogP contribution in [0.4, 0.5) is 0 Å². The van der Waals surface area contributed by atoms with Gasteiger partial charge in [-0.25, -0.2) is 0 Å². The quantitative estimate of drug-likeness (QED) is 0.887. The Labute approximate surface area is 99.9 Å². The fourth-order valence-corrected chi connectivity index (χ4v) is 2.77. The van der Waals surface area contributed by atoms with Crippen LogP contribution in [0, 0.1) is 20.8 Å². The van der Waals surface area contributed by atoms with Crippen molar-refractivity contribution in [2.45, 2.75) is 33.9 Å². The van der Waals surface area contributed by atoms with Crippen molar-refractivity contribution in [3.8, 4) is 0 Å². The van der Waals surface area contributed by atoms with Gasteiger partial charge in [0.15, 0.2) is 0 Å². The molecule has 0 aliphatic rings. The number of rotatable bonds is 3. The number of nitrogens with zero attached hydrogens (tertiary/aromatic N) is 2. The van der Waals surface area contributed by atoms with Crippen LogP contribution in [0.15, 0.2) is 12.1 Å². The third-order valence-electron chi connectivity index (χ3n) is 2.70. The van der Waals surface area contributed by atoms with Crippen molar-refractivity contribution in [3.63, 3.8) is 0 Å². The minimum Gasteiger partial charge on any atom is -0.326 e. The van der Waals surface area contributed by atoms with Crippen molar-refractivity contribution in [1.29, 1.82) is 0 Å². The summed E-state index contributed by atoms with van der Waals surface area (Å²) in [5.74, 6) is 0. The van der Waals surface area contributed by atoms with Crippen LogP contribution in [0.5, 0.6) is 0 Å². The van der Waals surface area contributed by atoms with Gasteiger partial charge in [0.2, 0.25) is 0 Å². The van der Waals surface area contributed by atoms with Gasteiger partial charge in [-0.15, -0.1) is 11.3 Å². The molecule has 3 nitrogen and oxygen atoms in total. The molecule has 0 aliphatic carbocycles. The van der Waals surface area contributed by atoms with E-state index in [-0.39, 0.29) is 0 Å². The molecule has 2 rings (SSSR count). The summed E-state index contributed by atoms with van der Waals surface area (Å²) in [7, 11) is 0. The number of hydrogen-bond donors (Lipinski definition) is 1. The second kappa shape index (κ2) is 4.39. The molecule has 2 heterocycles. The van der Waals surface area contributed by atoms with Crippen molar-refractivity contribution in [3.05, 3.63) is 38.8 Å². The van der Waals surface area contributed by atoms with Gasteiger partial charge in [0.25, 0.3) is 0 Å². The minimum atomic E-state index is 0.628. The second-order valence-corrected chi connectivity index (χ2v) is 5.42. The molecule has 0 spiro atoms. The SMILES string of the molecule is Cc1cc(C)n(Cc2cc(CN)sc2C)n1. The van der Waals surface area contributed by atoms with Crippen molar-refractivity contribution in [2.24, 2.45) is 5.73 Å². The number of nitrogens with two attached hydrogens (primary N) is 1. The van der Waals surface area contributed by atoms with Gasteiger partial charge in [0, 0.05) is 22.0 Å². The van der Waals surface area contributed by atoms with Crippen LogP contribution < -0.4 is 5.73 Å². The van der Waals surface area contributed by atoms with Gasteiger partial charge in [-0.1, -0.05) is 0 Å². The lowest BCUT2D eigenvalue weighted by molar-refractivity contribution is 0.658. The monoisotopic (exact) mass is 235 g/mol. The molecule has 4 heteroatoms. The smallest absolute Gasteiger partial charge is 0.0673 e. The van der Waals surface area contributed by atoms with E-state index in [0.29, 0.717) is 6.54 Å². The van der Waals surface area contributed by atoms with Crippen LogP contribution in [-0.4, -0.2) is 9.78 Å². The van der Waals surface area contributed by atoms with Gasteiger partial charge in [-0.3, -0.25) is 4.68 Å². The molecule has 86 valence electrons. The summed E-state index contributed by atoms with van der Waals surface area (Å²) in [5.41, 5.74) is 9.26. The Morgan fingerprint density at radius 3 is 2.56 bits per heavy atom. The van der Waals surface area contributed by atoms with E-state index in [9.17, 15) is 0 Å². The lowest BCUT2D eigenvalue weighted by Crippen LogP contribution is -2.04. The first-order valence-corrected chi connectivity index (χ1v) is 6.21. The first-order valence-electron chi connectivity index (χ1n) is 5.39. The van der Waals surface area contributed by atoms with Gasteiger partial charge >= 0.3 is 0 Å². The second-order valence-electron chi connectivity index (χ2n) is 4.08. The molecule has 0 saturated heterocycles. The summed E-state index contributed by atoms with van der Waals surface area (Å²) in [6.45, 7) is 7.73. The van der Waals surface area contributed by atoms with Crippen molar-refractivity contribution >= 4 is 11.3 Å². The van der Waals surface area contributed by atoms with E-state index in [2.05, 4.69) is 31.1 Å². The van der Waals surface area contributed by atoms with E-state index >= 15 is 0 Å². The maximum Gasteiger partial charge on any atom is 0.0673 e. The van der Waals surface area contributed by atoms with E-state index in [4.69, 9.17) is 5.73 Å². The first-order chi connectivity index (χ1) is 7.60. The largest absolute Gasteiger partial charge is 0.326 e. The zero-order chi connectivity index (χ0) is 11.7. The Morgan fingerprint density at radius 2 is 2.06 bits per heavy atom. The topological polar surface area (TPSA) is 43.8 Å². The number of hydrogen-bond acceptors (Lipinski definition) is 3. The zero-order valence-electron chi connectivity index (χ0n) is 9.95. The van der Waals surface area contributed by atoms with E-state index < -0.39 is 0 Å². The summed E-state index contributed by atoms with van der Waals surface area (Å²) < 4.78 is 2.05. The highest BCUT2D eigenvalue weighted by atomic mass is 32.1. The van der Waals surface area contributed by atoms with Crippen LogP contribution in [0.2, 0.25) is 0 Å². The fraction of sp³-hybridized carbons (Fsp3) is 0.417. The predicted octanol–water partition coefficient (Wildman–Crippen LogP) is 2.38. The third kappa shape index (κ3) is 2.18. The Kier molecular flexibility index (Phi) is 3.12. The molecule has 0 saturated carbocycles. The molecule has 16 heavy (non-hydrogen) atoms. The molecule has 2 aromatic heterocycles. The Hall–Kier alpha value is -1.13. The third-order valence-corrected chi connectivity index (χ3v) is 3.81. The van der Waals surface area contributed by atoms with Crippen LogP contribution in [0.3, 0.4) is 0 Å². The molecule has 0 atom stereocenters. The van der Waals surface area contributed by atoms with Gasteiger partial charge in [-0.2, -0.15) is 5.10 Å². The predicted molar refractivity (Wildman–Crippen MR) is 67.8 cm³/mol. The van der Waals surface area contributed by atoms with Crippen LogP contribution in [-0.2, 0) is 13.1 Å². The maximum absolute atomic E-state index is 5.65. The summed E-state index contributed by atoms with van der Waals surface area (Å²) in [4.78, 5) is 2.59. The summed E-state index contributed by atoms with van der Waals surface area (Å²) >= 11 is 1.78. The summed E-state index contributed by atoms with van der Waals surface area (Å²) in [6.07, 6.45) is 0. The average Bonchev–Trinajstić information content (AvgIpc) is 2.72. The van der Waals surface area contributed by atoms with Crippen molar-refractivity contribution in [1.82, 2.24) is 9.78 Å². The number of thiophene rings is 1. The molecule has 0 unspecified atom stereocenters. The van der Waals surface area contributed by atoms with E-state index in [1.807, 2.05) is 11.6 Å². The lowest BCUT2D eigenvalue weighted by atomic mass is 10.2. The fourth-order valence-electron chi connectivity index (χ4n) is 1.84. The summed E-state index contributed by atoms with van der Waals surface area (Å²) in [6, 6.07) is 4.29. The normalized spacial score (nSPS) is 11.0. The average molecular weight is 235 g/mol. The van der Waals surface area contributed by atoms with Gasteiger partial charge in [0.1, 0.15) is 0 Å². The van der Waals surface area contributed by atoms with E-state index in [0.717, 1.165) is 12.2 Å². The highest BCUT2D eigenvalue weighted by Gasteiger charge is 2.07. The highest BCUT2D eigenvalue weighted by Crippen LogP contribution is 2.22. The Bertz CT molecular complexity index is 496. The highest BCUT2D eigenvalue weighted by molar-refractivity contribution is 7.12.